The number of nitrogens with zero attached hydrogens (tertiary/aromatic N) is 3. The summed E-state index contributed by atoms with van der Waals surface area (Å²) in [6.07, 6.45) is 0.913. The van der Waals surface area contributed by atoms with Gasteiger partial charge < -0.3 is 9.64 Å². The predicted octanol–water partition coefficient (Wildman–Crippen LogP) is 2.19. The van der Waals surface area contributed by atoms with E-state index in [1.54, 1.807) is 30.6 Å². The highest BCUT2D eigenvalue weighted by Gasteiger charge is 2.39. The van der Waals surface area contributed by atoms with E-state index in [0.717, 1.165) is 13.3 Å². The first kappa shape index (κ1) is 19.9. The van der Waals surface area contributed by atoms with Crippen molar-refractivity contribution in [3.8, 4) is 0 Å². The van der Waals surface area contributed by atoms with Gasteiger partial charge in [-0.2, -0.15) is 0 Å². The van der Waals surface area contributed by atoms with Crippen molar-refractivity contribution in [2.45, 2.75) is 58.1 Å². The molecule has 2 aliphatic heterocycles. The number of carbonyl (C=O) groups is 2. The van der Waals surface area contributed by atoms with Crippen molar-refractivity contribution in [3.63, 3.8) is 0 Å². The third-order valence-electron chi connectivity index (χ3n) is 4.35. The van der Waals surface area contributed by atoms with Crippen LogP contribution in [0.25, 0.3) is 0 Å². The van der Waals surface area contributed by atoms with Crippen LogP contribution in [0.3, 0.4) is 0 Å². The van der Waals surface area contributed by atoms with Gasteiger partial charge in [-0.25, -0.2) is 13.6 Å². The van der Waals surface area contributed by atoms with E-state index in [9.17, 15) is 18.4 Å². The van der Waals surface area contributed by atoms with E-state index in [0.29, 0.717) is 39.1 Å². The zero-order valence-corrected chi connectivity index (χ0v) is 15.6. The molecule has 0 saturated carbocycles. The van der Waals surface area contributed by atoms with E-state index in [-0.39, 0.29) is 12.5 Å². The van der Waals surface area contributed by atoms with E-state index in [2.05, 4.69) is 0 Å². The van der Waals surface area contributed by atoms with E-state index >= 15 is 0 Å². The van der Waals surface area contributed by atoms with Crippen molar-refractivity contribution in [2.75, 3.05) is 39.3 Å². The van der Waals surface area contributed by atoms with Crippen LogP contribution in [0, 0.1) is 0 Å². The van der Waals surface area contributed by atoms with Crippen LogP contribution in [0.1, 0.15) is 40.5 Å². The molecule has 2 amide bonds. The predicted molar refractivity (Wildman–Crippen MR) is 89.6 cm³/mol. The summed E-state index contributed by atoms with van der Waals surface area (Å²) in [5, 5.41) is 0. The second kappa shape index (κ2) is 7.43. The molecular formula is C17H29F2N3O3. The van der Waals surface area contributed by atoms with Gasteiger partial charge in [0.15, 0.2) is 0 Å². The van der Waals surface area contributed by atoms with Crippen molar-refractivity contribution in [2.24, 2.45) is 0 Å². The van der Waals surface area contributed by atoms with Crippen LogP contribution >= 0.6 is 0 Å². The fraction of sp³-hybridized carbons (Fsp3) is 0.882. The molecule has 2 aliphatic rings. The van der Waals surface area contributed by atoms with Crippen LogP contribution in [0.5, 0.6) is 0 Å². The molecule has 2 saturated heterocycles. The number of hydrogen-bond acceptors (Lipinski definition) is 4. The van der Waals surface area contributed by atoms with Gasteiger partial charge in [-0.3, -0.25) is 14.6 Å². The Morgan fingerprint density at radius 2 is 1.64 bits per heavy atom. The lowest BCUT2D eigenvalue weighted by Crippen LogP contribution is -2.55. The van der Waals surface area contributed by atoms with Gasteiger partial charge in [0.25, 0.3) is 5.92 Å². The molecule has 1 atom stereocenters. The molecule has 0 bridgehead atoms. The summed E-state index contributed by atoms with van der Waals surface area (Å²) in [6, 6.07) is -0.506. The van der Waals surface area contributed by atoms with Crippen LogP contribution in [0.2, 0.25) is 0 Å². The quantitative estimate of drug-likeness (QED) is 0.773. The van der Waals surface area contributed by atoms with E-state index in [1.807, 2.05) is 0 Å². The number of likely N-dealkylation sites (tertiary alicyclic amines) is 1. The second-order valence-corrected chi connectivity index (χ2v) is 8.00. The van der Waals surface area contributed by atoms with E-state index in [4.69, 9.17) is 4.74 Å². The summed E-state index contributed by atoms with van der Waals surface area (Å²) in [5.74, 6) is -2.84. The van der Waals surface area contributed by atoms with Gasteiger partial charge in [0.05, 0.1) is 6.54 Å². The smallest absolute Gasteiger partial charge is 0.410 e. The molecule has 0 aromatic rings. The molecular weight excluding hydrogens is 332 g/mol. The lowest BCUT2D eigenvalue weighted by Gasteiger charge is -2.38. The van der Waals surface area contributed by atoms with Gasteiger partial charge in [-0.05, 0) is 33.6 Å². The Morgan fingerprint density at radius 1 is 1.04 bits per heavy atom. The second-order valence-electron chi connectivity index (χ2n) is 8.00. The Labute approximate surface area is 148 Å². The molecule has 8 heteroatoms. The van der Waals surface area contributed by atoms with Crippen molar-refractivity contribution < 1.29 is 23.1 Å². The first-order chi connectivity index (χ1) is 11.5. The van der Waals surface area contributed by atoms with Crippen molar-refractivity contribution >= 4 is 12.0 Å². The van der Waals surface area contributed by atoms with Gasteiger partial charge in [0, 0.05) is 39.6 Å². The fourth-order valence-electron chi connectivity index (χ4n) is 3.29. The summed E-state index contributed by atoms with van der Waals surface area (Å²) in [6.45, 7) is 8.17. The van der Waals surface area contributed by atoms with Crippen LogP contribution in [0.4, 0.5) is 13.6 Å². The molecule has 2 rings (SSSR count). The van der Waals surface area contributed by atoms with Crippen molar-refractivity contribution in [1.29, 1.82) is 0 Å². The summed E-state index contributed by atoms with van der Waals surface area (Å²) in [5.41, 5.74) is -0.607. The lowest BCUT2D eigenvalue weighted by molar-refractivity contribution is -0.138. The average molecular weight is 361 g/mol. The largest absolute Gasteiger partial charge is 0.444 e. The van der Waals surface area contributed by atoms with Gasteiger partial charge in [0.1, 0.15) is 11.6 Å². The number of halogens is 2. The molecule has 144 valence electrons. The molecule has 0 aromatic heterocycles. The first-order valence-corrected chi connectivity index (χ1v) is 8.85. The van der Waals surface area contributed by atoms with Crippen molar-refractivity contribution in [1.82, 2.24) is 14.7 Å². The number of piperazine rings is 1. The highest BCUT2D eigenvalue weighted by molar-refractivity contribution is 5.86. The highest BCUT2D eigenvalue weighted by atomic mass is 19.3. The zero-order chi connectivity index (χ0) is 18.8. The molecule has 25 heavy (non-hydrogen) atoms. The Balaban J connectivity index is 1.91. The Kier molecular flexibility index (Phi) is 5.91. The molecule has 0 aliphatic carbocycles. The lowest BCUT2D eigenvalue weighted by atomic mass is 10.1. The zero-order valence-electron chi connectivity index (χ0n) is 15.6. The van der Waals surface area contributed by atoms with Gasteiger partial charge >= 0.3 is 6.09 Å². The number of amides is 2. The van der Waals surface area contributed by atoms with E-state index in [1.165, 1.54) is 4.90 Å². The Hall–Kier alpha value is -1.44. The minimum absolute atomic E-state index is 0.105. The van der Waals surface area contributed by atoms with Gasteiger partial charge in [-0.1, -0.05) is 0 Å². The maximum Gasteiger partial charge on any atom is 0.410 e. The molecule has 0 unspecified atom stereocenters. The maximum atomic E-state index is 13.1. The summed E-state index contributed by atoms with van der Waals surface area (Å²) < 4.78 is 31.6. The van der Waals surface area contributed by atoms with Crippen LogP contribution in [-0.4, -0.2) is 83.5 Å². The SMILES string of the molecule is CC(F)(F)CN1CCN(C(=O)[C@@H]2CCCN2C(=O)OC(C)(C)C)CC1. The molecule has 0 aromatic carbocycles. The topological polar surface area (TPSA) is 53.1 Å². The molecule has 6 nitrogen and oxygen atoms in total. The normalized spacial score (nSPS) is 23.0. The number of rotatable bonds is 3. The maximum absolute atomic E-state index is 13.1. The third kappa shape index (κ3) is 5.80. The molecule has 0 spiro atoms. The summed E-state index contributed by atoms with van der Waals surface area (Å²) in [4.78, 5) is 29.9. The standard InChI is InChI=1S/C17H29F2N3O3/c1-16(2,3)25-15(24)22-7-5-6-13(22)14(23)21-10-8-20(9-11-21)12-17(4,18)19/h13H,5-12H2,1-4H3/t13-/m0/s1. The number of ether oxygens (including phenoxy) is 1. The number of hydrogen-bond donors (Lipinski definition) is 0. The highest BCUT2D eigenvalue weighted by Crippen LogP contribution is 2.23. The average Bonchev–Trinajstić information content (AvgIpc) is 2.93. The Morgan fingerprint density at radius 3 is 2.16 bits per heavy atom. The van der Waals surface area contributed by atoms with Crippen LogP contribution in [-0.2, 0) is 9.53 Å². The van der Waals surface area contributed by atoms with Crippen LogP contribution in [0.15, 0.2) is 0 Å². The monoisotopic (exact) mass is 361 g/mol. The fourth-order valence-corrected chi connectivity index (χ4v) is 3.29. The van der Waals surface area contributed by atoms with E-state index < -0.39 is 23.7 Å². The molecule has 2 heterocycles. The van der Waals surface area contributed by atoms with Gasteiger partial charge in [-0.15, -0.1) is 0 Å². The first-order valence-electron chi connectivity index (χ1n) is 8.85. The van der Waals surface area contributed by atoms with Gasteiger partial charge in [0.2, 0.25) is 5.91 Å². The minimum Gasteiger partial charge on any atom is -0.444 e. The van der Waals surface area contributed by atoms with Crippen LogP contribution < -0.4 is 0 Å². The summed E-state index contributed by atoms with van der Waals surface area (Å²) >= 11 is 0. The summed E-state index contributed by atoms with van der Waals surface area (Å²) in [7, 11) is 0. The minimum atomic E-state index is -2.73. The number of alkyl halides is 2. The molecule has 0 N–H and O–H groups in total. The number of carbonyl (C=O) groups excluding carboxylic acids is 2. The Bertz CT molecular complexity index is 494. The molecule has 2 fully saturated rings. The third-order valence-corrected chi connectivity index (χ3v) is 4.35. The molecule has 0 radical (unpaired) electrons. The van der Waals surface area contributed by atoms with Crippen molar-refractivity contribution in [3.05, 3.63) is 0 Å².